The molecule has 318 valence electrons. The Bertz CT molecular complexity index is 916. The quantitative estimate of drug-likeness (QED) is 0.0499. The molecule has 0 aliphatic heterocycles. The Labute approximate surface area is 337 Å². The first kappa shape index (κ1) is 50.8. The Hall–Kier alpha value is -1.23. The first-order valence-electron chi connectivity index (χ1n) is 24.2. The van der Waals surface area contributed by atoms with Crippen LogP contribution in [-0.2, 0) is 14.4 Å². The van der Waals surface area contributed by atoms with Crippen LogP contribution >= 0.6 is 0 Å². The van der Waals surface area contributed by atoms with E-state index in [2.05, 4.69) is 52.0 Å². The fourth-order valence-corrected chi connectivity index (χ4v) is 8.80. The lowest BCUT2D eigenvalue weighted by molar-refractivity contribution is -0.129. The zero-order chi connectivity index (χ0) is 39.9. The van der Waals surface area contributed by atoms with Gasteiger partial charge in [-0.25, -0.2) is 5.01 Å². The molecule has 0 spiro atoms. The third-order valence-corrected chi connectivity index (χ3v) is 12.7. The highest BCUT2D eigenvalue weighted by Crippen LogP contribution is 2.51. The second-order valence-corrected chi connectivity index (χ2v) is 18.5. The molecule has 1 rings (SSSR count). The summed E-state index contributed by atoms with van der Waals surface area (Å²) in [5.41, 5.74) is 2.89. The third kappa shape index (κ3) is 25.8. The average Bonchev–Trinajstić information content (AvgIpc) is 3.94. The van der Waals surface area contributed by atoms with E-state index in [0.717, 1.165) is 83.2 Å². The largest absolute Gasteiger partial charge is 0.300 e. The van der Waals surface area contributed by atoms with Crippen LogP contribution in [0, 0.1) is 29.1 Å². The number of hydrogen-bond donors (Lipinski definition) is 1. The van der Waals surface area contributed by atoms with E-state index in [-0.39, 0.29) is 11.3 Å². The highest BCUT2D eigenvalue weighted by atomic mass is 16.2. The van der Waals surface area contributed by atoms with Crippen molar-refractivity contribution in [3.8, 4) is 0 Å². The molecule has 1 saturated carbocycles. The minimum absolute atomic E-state index is 0.0775. The Kier molecular flexibility index (Phi) is 30.9. The van der Waals surface area contributed by atoms with E-state index in [1.165, 1.54) is 128 Å². The van der Waals surface area contributed by atoms with Crippen LogP contribution in [0.3, 0.4) is 0 Å². The van der Waals surface area contributed by atoms with Crippen LogP contribution in [0.2, 0.25) is 0 Å². The Morgan fingerprint density at radius 2 is 1.07 bits per heavy atom. The van der Waals surface area contributed by atoms with Gasteiger partial charge in [0.05, 0.1) is 0 Å². The van der Waals surface area contributed by atoms with Crippen molar-refractivity contribution in [1.82, 2.24) is 10.4 Å². The maximum atomic E-state index is 13.8. The van der Waals surface area contributed by atoms with Crippen molar-refractivity contribution < 1.29 is 14.4 Å². The molecule has 0 aromatic heterocycles. The van der Waals surface area contributed by atoms with Crippen LogP contribution in [-0.4, -0.2) is 35.6 Å². The van der Waals surface area contributed by atoms with Crippen LogP contribution in [0.1, 0.15) is 254 Å². The van der Waals surface area contributed by atoms with Gasteiger partial charge in [-0.1, -0.05) is 203 Å². The molecule has 0 heterocycles. The number of hydrogen-bond acceptors (Lipinski definition) is 4. The number of unbranched alkanes of at least 4 members (excludes halogenated alkanes) is 19. The summed E-state index contributed by atoms with van der Waals surface area (Å²) in [7, 11) is 0. The number of nitrogens with one attached hydrogen (secondary N) is 1. The zero-order valence-electron chi connectivity index (χ0n) is 37.5. The summed E-state index contributed by atoms with van der Waals surface area (Å²) in [5.74, 6) is 3.27. The monoisotopic (exact) mass is 759 g/mol. The molecule has 3 atom stereocenters. The first-order chi connectivity index (χ1) is 26.1. The average molecular weight is 759 g/mol. The maximum Gasteiger partial charge on any atom is 0.233 e. The van der Waals surface area contributed by atoms with Gasteiger partial charge in [-0.3, -0.25) is 19.8 Å². The summed E-state index contributed by atoms with van der Waals surface area (Å²) >= 11 is 0. The molecule has 54 heavy (non-hydrogen) atoms. The lowest BCUT2D eigenvalue weighted by Gasteiger charge is -2.25. The van der Waals surface area contributed by atoms with E-state index in [9.17, 15) is 14.4 Å². The van der Waals surface area contributed by atoms with E-state index in [1.807, 2.05) is 6.92 Å². The number of Topliss-reactive ketones (excluding diaryl/α,β-unsaturated/α-hetero) is 2. The smallest absolute Gasteiger partial charge is 0.233 e. The van der Waals surface area contributed by atoms with Crippen molar-refractivity contribution in [2.24, 2.45) is 29.1 Å². The highest BCUT2D eigenvalue weighted by Gasteiger charge is 2.50. The molecular weight excluding hydrogens is 665 g/mol. The highest BCUT2D eigenvalue weighted by molar-refractivity contribution is 5.88. The summed E-state index contributed by atoms with van der Waals surface area (Å²) in [6.07, 6.45) is 38.1. The number of nitrogens with zero attached hydrogens (tertiary/aromatic N) is 1. The van der Waals surface area contributed by atoms with Crippen molar-refractivity contribution in [3.05, 3.63) is 0 Å². The molecule has 1 aliphatic carbocycles. The SMILES string of the molecule is CCCCCCCCC(CCCCCCCC)C1CC1C(=O)C(C)(C)CCCCCCN(CCCCCC(=O)CC(C)CCCCCCC)NC(=O)CC. The molecule has 0 bridgehead atoms. The molecule has 1 N–H and O–H groups in total. The van der Waals surface area contributed by atoms with Gasteiger partial charge in [0.2, 0.25) is 5.91 Å². The molecule has 0 saturated heterocycles. The van der Waals surface area contributed by atoms with Gasteiger partial charge in [0.25, 0.3) is 0 Å². The van der Waals surface area contributed by atoms with Gasteiger partial charge in [0.1, 0.15) is 11.6 Å². The summed E-state index contributed by atoms with van der Waals surface area (Å²) in [5, 5.41) is 2.11. The van der Waals surface area contributed by atoms with Gasteiger partial charge < -0.3 is 0 Å². The van der Waals surface area contributed by atoms with Gasteiger partial charge in [0.15, 0.2) is 0 Å². The predicted molar refractivity (Wildman–Crippen MR) is 234 cm³/mol. The van der Waals surface area contributed by atoms with Gasteiger partial charge >= 0.3 is 0 Å². The zero-order valence-corrected chi connectivity index (χ0v) is 37.5. The minimum atomic E-state index is -0.223. The van der Waals surface area contributed by atoms with E-state index in [1.54, 1.807) is 0 Å². The van der Waals surface area contributed by atoms with Crippen LogP contribution in [0.25, 0.3) is 0 Å². The molecule has 1 amide bonds. The molecule has 1 aliphatic rings. The lowest BCUT2D eigenvalue weighted by Crippen LogP contribution is -2.43. The summed E-state index contributed by atoms with van der Waals surface area (Å²) in [4.78, 5) is 38.6. The minimum Gasteiger partial charge on any atom is -0.300 e. The Morgan fingerprint density at radius 1 is 0.611 bits per heavy atom. The van der Waals surface area contributed by atoms with Crippen LogP contribution < -0.4 is 5.43 Å². The van der Waals surface area contributed by atoms with Crippen LogP contribution in [0.15, 0.2) is 0 Å². The van der Waals surface area contributed by atoms with Gasteiger partial charge in [-0.05, 0) is 49.9 Å². The van der Waals surface area contributed by atoms with Crippen molar-refractivity contribution in [3.63, 3.8) is 0 Å². The van der Waals surface area contributed by atoms with Crippen LogP contribution in [0.4, 0.5) is 0 Å². The molecule has 5 heteroatoms. The third-order valence-electron chi connectivity index (χ3n) is 12.7. The van der Waals surface area contributed by atoms with Crippen LogP contribution in [0.5, 0.6) is 0 Å². The molecule has 5 nitrogen and oxygen atoms in total. The van der Waals surface area contributed by atoms with Gasteiger partial charge in [0, 0.05) is 43.7 Å². The maximum absolute atomic E-state index is 13.8. The standard InChI is InChI=1S/C49H94N2O3/c1-8-12-15-18-21-27-34-43(35-28-22-19-16-13-9-2)45-41-46(45)48(54)49(6,7)37-30-23-24-31-38-51(50-47(53)11-4)39-32-25-29-36-44(52)40-42(5)33-26-20-17-14-10-3/h42-43,45-46H,8-41H2,1-7H3,(H,50,53). The van der Waals surface area contributed by atoms with E-state index >= 15 is 0 Å². The topological polar surface area (TPSA) is 66.5 Å². The van der Waals surface area contributed by atoms with Crippen molar-refractivity contribution >= 4 is 17.5 Å². The number of carbonyl (C=O) groups is 3. The van der Waals surface area contributed by atoms with Gasteiger partial charge in [-0.15, -0.1) is 0 Å². The van der Waals surface area contributed by atoms with Crippen molar-refractivity contribution in [1.29, 1.82) is 0 Å². The molecule has 1 fully saturated rings. The van der Waals surface area contributed by atoms with Crippen molar-refractivity contribution in [2.75, 3.05) is 13.1 Å². The number of hydrazine groups is 1. The summed E-state index contributed by atoms with van der Waals surface area (Å²) < 4.78 is 0. The van der Waals surface area contributed by atoms with Crippen molar-refractivity contribution in [2.45, 2.75) is 254 Å². The second kappa shape index (κ2) is 32.8. The van der Waals surface area contributed by atoms with E-state index in [4.69, 9.17) is 0 Å². The molecule has 3 unspecified atom stereocenters. The lowest BCUT2D eigenvalue weighted by atomic mass is 9.79. The van der Waals surface area contributed by atoms with E-state index < -0.39 is 0 Å². The molecule has 0 radical (unpaired) electrons. The fraction of sp³-hybridized carbons (Fsp3) is 0.939. The molecular formula is C49H94N2O3. The molecule has 0 aromatic carbocycles. The predicted octanol–water partition coefficient (Wildman–Crippen LogP) is 14.5. The normalized spacial score (nSPS) is 16.3. The number of rotatable bonds is 40. The summed E-state index contributed by atoms with van der Waals surface area (Å²) in [6, 6.07) is 0. The van der Waals surface area contributed by atoms with Gasteiger partial charge in [-0.2, -0.15) is 0 Å². The van der Waals surface area contributed by atoms with E-state index in [0.29, 0.717) is 42.2 Å². The first-order valence-corrected chi connectivity index (χ1v) is 24.2. The molecule has 0 aromatic rings. The fourth-order valence-electron chi connectivity index (χ4n) is 8.80. The number of carbonyl (C=O) groups excluding carboxylic acids is 3. The number of ketones is 2. The number of amides is 1. The Morgan fingerprint density at radius 3 is 1.61 bits per heavy atom. The second-order valence-electron chi connectivity index (χ2n) is 18.5. The summed E-state index contributed by atoms with van der Waals surface area (Å²) in [6.45, 7) is 17.1. The Balaban J connectivity index is 2.38.